The first-order valence-corrected chi connectivity index (χ1v) is 10.1. The lowest BCUT2D eigenvalue weighted by molar-refractivity contribution is 0.0730. The Bertz CT molecular complexity index is 1150. The van der Waals surface area contributed by atoms with Crippen molar-refractivity contribution < 1.29 is 9.53 Å². The van der Waals surface area contributed by atoms with Crippen LogP contribution in [-0.2, 0) is 6.54 Å². The highest BCUT2D eigenvalue weighted by atomic mass is 16.5. The number of hydrogen-bond donors (Lipinski definition) is 1. The predicted molar refractivity (Wildman–Crippen MR) is 113 cm³/mol. The Morgan fingerprint density at radius 2 is 2.13 bits per heavy atom. The number of imidazole rings is 1. The molecule has 3 heterocycles. The number of methoxy groups -OCH3 is 1. The fourth-order valence-electron chi connectivity index (χ4n) is 4.19. The molecule has 0 saturated carbocycles. The maximum absolute atomic E-state index is 13.4. The maximum atomic E-state index is 13.4. The van der Waals surface area contributed by atoms with Gasteiger partial charge in [0.15, 0.2) is 0 Å². The van der Waals surface area contributed by atoms with E-state index in [0.29, 0.717) is 12.1 Å². The number of nitrogens with zero attached hydrogens (tertiary/aromatic N) is 4. The highest BCUT2D eigenvalue weighted by Gasteiger charge is 2.33. The van der Waals surface area contributed by atoms with E-state index in [9.17, 15) is 4.79 Å². The Balaban J connectivity index is 1.44. The number of benzene rings is 2. The summed E-state index contributed by atoms with van der Waals surface area (Å²) in [6.07, 6.45) is 5.50. The molecule has 1 aliphatic rings. The number of aromatic amines is 1. The zero-order valence-electron chi connectivity index (χ0n) is 16.8. The smallest absolute Gasteiger partial charge is 0.254 e. The van der Waals surface area contributed by atoms with Gasteiger partial charge in [-0.1, -0.05) is 12.1 Å². The van der Waals surface area contributed by atoms with Crippen LogP contribution in [0.15, 0.2) is 60.9 Å². The summed E-state index contributed by atoms with van der Waals surface area (Å²) in [5.41, 5.74) is 3.50. The fraction of sp³-hybridized carbons (Fsp3) is 0.261. The number of ether oxygens (including phenoxy) is 1. The van der Waals surface area contributed by atoms with Crippen molar-refractivity contribution in [2.45, 2.75) is 25.4 Å². The lowest BCUT2D eigenvalue weighted by Gasteiger charge is -2.23. The first-order chi connectivity index (χ1) is 14.7. The molecule has 1 N–H and O–H groups in total. The topological polar surface area (TPSA) is 76.0 Å². The number of carbonyl (C=O) groups is 1. The van der Waals surface area contributed by atoms with Gasteiger partial charge in [-0.05, 0) is 49.2 Å². The average molecular weight is 401 g/mol. The van der Waals surface area contributed by atoms with E-state index >= 15 is 0 Å². The van der Waals surface area contributed by atoms with Gasteiger partial charge < -0.3 is 14.6 Å². The number of hydrogen-bond acceptors (Lipinski definition) is 4. The number of H-pyrrole nitrogens is 1. The molecule has 0 unspecified atom stereocenters. The summed E-state index contributed by atoms with van der Waals surface area (Å²) >= 11 is 0. The molecule has 1 fully saturated rings. The van der Waals surface area contributed by atoms with E-state index in [1.165, 1.54) is 0 Å². The molecule has 7 heteroatoms. The number of nitrogens with one attached hydrogen (secondary N) is 1. The van der Waals surface area contributed by atoms with Gasteiger partial charge in [0.1, 0.15) is 11.6 Å². The monoisotopic (exact) mass is 401 g/mol. The highest BCUT2D eigenvalue weighted by molar-refractivity contribution is 5.95. The van der Waals surface area contributed by atoms with Gasteiger partial charge in [0.2, 0.25) is 0 Å². The van der Waals surface area contributed by atoms with Crippen LogP contribution in [0.5, 0.6) is 5.75 Å². The summed E-state index contributed by atoms with van der Waals surface area (Å²) in [5.74, 6) is 1.62. The van der Waals surface area contributed by atoms with Crippen LogP contribution in [0.4, 0.5) is 0 Å². The van der Waals surface area contributed by atoms with Crippen LogP contribution in [-0.4, -0.2) is 44.2 Å². The zero-order chi connectivity index (χ0) is 20.5. The van der Waals surface area contributed by atoms with Gasteiger partial charge in [0.05, 0.1) is 30.7 Å². The number of likely N-dealkylation sites (tertiary alicyclic amines) is 1. The van der Waals surface area contributed by atoms with Crippen LogP contribution in [0, 0.1) is 0 Å². The number of para-hydroxylation sites is 2. The van der Waals surface area contributed by atoms with Crippen molar-refractivity contribution in [3.05, 3.63) is 77.9 Å². The summed E-state index contributed by atoms with van der Waals surface area (Å²) in [5, 5.41) is 4.26. The first-order valence-electron chi connectivity index (χ1n) is 10.1. The Hall–Kier alpha value is -3.61. The molecule has 2 aromatic heterocycles. The first kappa shape index (κ1) is 18.4. The van der Waals surface area contributed by atoms with Crippen molar-refractivity contribution >= 4 is 16.9 Å². The van der Waals surface area contributed by atoms with E-state index in [2.05, 4.69) is 10.1 Å². The molecular formula is C23H23N5O2. The number of carbonyl (C=O) groups excluding carboxylic acids is 1. The summed E-state index contributed by atoms with van der Waals surface area (Å²) in [6, 6.07) is 15.4. The van der Waals surface area contributed by atoms with E-state index in [0.717, 1.165) is 47.6 Å². The maximum Gasteiger partial charge on any atom is 0.254 e. The van der Waals surface area contributed by atoms with E-state index in [1.54, 1.807) is 13.3 Å². The molecule has 7 nitrogen and oxygen atoms in total. The van der Waals surface area contributed by atoms with E-state index in [-0.39, 0.29) is 11.9 Å². The van der Waals surface area contributed by atoms with Crippen LogP contribution in [0.2, 0.25) is 0 Å². The lowest BCUT2D eigenvalue weighted by Crippen LogP contribution is -2.31. The third-order valence-electron chi connectivity index (χ3n) is 5.66. The summed E-state index contributed by atoms with van der Waals surface area (Å²) in [7, 11) is 1.64. The molecule has 1 saturated heterocycles. The molecule has 152 valence electrons. The van der Waals surface area contributed by atoms with Gasteiger partial charge in [-0.25, -0.2) is 4.98 Å². The van der Waals surface area contributed by atoms with Crippen LogP contribution < -0.4 is 4.74 Å². The molecule has 0 radical (unpaired) electrons. The Labute approximate surface area is 174 Å². The van der Waals surface area contributed by atoms with Gasteiger partial charge in [0.25, 0.3) is 5.91 Å². The molecular weight excluding hydrogens is 378 g/mol. The minimum absolute atomic E-state index is 0.0160. The van der Waals surface area contributed by atoms with E-state index < -0.39 is 0 Å². The number of fused-ring (bicyclic) bond motifs is 1. The third-order valence-corrected chi connectivity index (χ3v) is 5.66. The minimum Gasteiger partial charge on any atom is -0.496 e. The van der Waals surface area contributed by atoms with Gasteiger partial charge in [-0.15, -0.1) is 0 Å². The Morgan fingerprint density at radius 3 is 2.93 bits per heavy atom. The highest BCUT2D eigenvalue weighted by Crippen LogP contribution is 2.33. The summed E-state index contributed by atoms with van der Waals surface area (Å²) in [6.45, 7) is 1.27. The molecule has 4 aromatic rings. The van der Waals surface area contributed by atoms with Crippen LogP contribution in [0.25, 0.3) is 11.0 Å². The van der Waals surface area contributed by atoms with Crippen molar-refractivity contribution in [1.82, 2.24) is 24.6 Å². The molecule has 2 aromatic carbocycles. The van der Waals surface area contributed by atoms with Crippen molar-refractivity contribution in [1.29, 1.82) is 0 Å². The van der Waals surface area contributed by atoms with E-state index in [4.69, 9.17) is 9.72 Å². The van der Waals surface area contributed by atoms with Crippen LogP contribution in [0.3, 0.4) is 0 Å². The van der Waals surface area contributed by atoms with Crippen molar-refractivity contribution in [2.75, 3.05) is 13.7 Å². The fourth-order valence-corrected chi connectivity index (χ4v) is 4.19. The van der Waals surface area contributed by atoms with Gasteiger partial charge in [0, 0.05) is 30.1 Å². The van der Waals surface area contributed by atoms with E-state index in [1.807, 2.05) is 64.3 Å². The summed E-state index contributed by atoms with van der Waals surface area (Å²) < 4.78 is 7.32. The molecule has 0 aliphatic carbocycles. The van der Waals surface area contributed by atoms with Crippen molar-refractivity contribution in [3.8, 4) is 5.75 Å². The Morgan fingerprint density at radius 1 is 1.23 bits per heavy atom. The van der Waals surface area contributed by atoms with Crippen molar-refractivity contribution in [2.24, 2.45) is 0 Å². The molecule has 1 aliphatic heterocycles. The average Bonchev–Trinajstić information content (AvgIpc) is 3.52. The second kappa shape index (κ2) is 7.67. The predicted octanol–water partition coefficient (Wildman–Crippen LogP) is 3.79. The Kier molecular flexibility index (Phi) is 4.71. The molecule has 0 bridgehead atoms. The standard InChI is InChI=1S/C23H23N5O2/c1-30-21-10-9-16(14-17(21)15-27-12-5-11-24-27)23(29)28-13-4-8-20(28)22-25-18-6-2-3-7-19(18)26-22/h2-3,5-7,9-12,14,20H,4,8,13,15H2,1H3,(H,25,26)/t20-/m1/s1. The normalized spacial score (nSPS) is 16.3. The largest absolute Gasteiger partial charge is 0.496 e. The molecule has 1 amide bonds. The summed E-state index contributed by atoms with van der Waals surface area (Å²) in [4.78, 5) is 23.5. The minimum atomic E-state index is -0.0402. The van der Waals surface area contributed by atoms with Gasteiger partial charge in [-0.3, -0.25) is 9.48 Å². The van der Waals surface area contributed by atoms with Crippen LogP contribution in [0.1, 0.15) is 40.6 Å². The molecule has 30 heavy (non-hydrogen) atoms. The second-order valence-corrected chi connectivity index (χ2v) is 7.53. The number of amides is 1. The van der Waals surface area contributed by atoms with Crippen LogP contribution >= 0.6 is 0 Å². The quantitative estimate of drug-likeness (QED) is 0.552. The lowest BCUT2D eigenvalue weighted by atomic mass is 10.1. The van der Waals surface area contributed by atoms with Gasteiger partial charge >= 0.3 is 0 Å². The third kappa shape index (κ3) is 3.32. The molecule has 1 atom stereocenters. The van der Waals surface area contributed by atoms with Gasteiger partial charge in [-0.2, -0.15) is 5.10 Å². The van der Waals surface area contributed by atoms with Crippen molar-refractivity contribution in [3.63, 3.8) is 0 Å². The number of rotatable bonds is 5. The second-order valence-electron chi connectivity index (χ2n) is 7.53. The zero-order valence-corrected chi connectivity index (χ0v) is 16.8. The molecule has 5 rings (SSSR count). The SMILES string of the molecule is COc1ccc(C(=O)N2CCC[C@@H]2c2nc3ccccc3[nH]2)cc1Cn1cccn1. The molecule has 0 spiro atoms. The number of aromatic nitrogens is 4.